The molecule has 1 aromatic rings. The van der Waals surface area contributed by atoms with Crippen LogP contribution < -0.4 is 4.74 Å². The van der Waals surface area contributed by atoms with Crippen molar-refractivity contribution in [2.75, 3.05) is 33.3 Å². The van der Waals surface area contributed by atoms with Crippen molar-refractivity contribution >= 4 is 6.09 Å². The monoisotopic (exact) mass is 360 g/mol. The molecule has 0 spiro atoms. The first-order valence-electron chi connectivity index (χ1n) is 9.98. The van der Waals surface area contributed by atoms with E-state index >= 15 is 0 Å². The Morgan fingerprint density at radius 3 is 2.69 bits per heavy atom. The van der Waals surface area contributed by atoms with E-state index in [1.54, 1.807) is 12.0 Å². The van der Waals surface area contributed by atoms with Crippen LogP contribution in [0.4, 0.5) is 4.79 Å². The number of hydrogen-bond acceptors (Lipinski definition) is 3. The van der Waals surface area contributed by atoms with Crippen LogP contribution in [0, 0.1) is 5.92 Å². The van der Waals surface area contributed by atoms with Crippen molar-refractivity contribution < 1.29 is 14.6 Å². The highest BCUT2D eigenvalue weighted by Crippen LogP contribution is 2.29. The average Bonchev–Trinajstić information content (AvgIpc) is 2.67. The lowest BCUT2D eigenvalue weighted by Gasteiger charge is -2.39. The number of carbonyl (C=O) groups is 1. The predicted octanol–water partition coefficient (Wildman–Crippen LogP) is 3.65. The Bertz CT molecular complexity index is 611. The molecular weight excluding hydrogens is 328 g/mol. The summed E-state index contributed by atoms with van der Waals surface area (Å²) in [6.07, 6.45) is 5.82. The minimum atomic E-state index is -0.770. The summed E-state index contributed by atoms with van der Waals surface area (Å²) in [5, 5.41) is 9.13. The Labute approximate surface area is 156 Å². The quantitative estimate of drug-likeness (QED) is 0.841. The maximum atomic E-state index is 11.1. The molecule has 1 aromatic carbocycles. The van der Waals surface area contributed by atoms with Gasteiger partial charge in [0.05, 0.1) is 7.11 Å². The van der Waals surface area contributed by atoms with E-state index < -0.39 is 6.09 Å². The highest BCUT2D eigenvalue weighted by atomic mass is 16.5. The number of rotatable bonds is 6. The van der Waals surface area contributed by atoms with Crippen LogP contribution in [0.25, 0.3) is 0 Å². The summed E-state index contributed by atoms with van der Waals surface area (Å²) in [5.41, 5.74) is 2.90. The second kappa shape index (κ2) is 8.76. The van der Waals surface area contributed by atoms with E-state index in [1.165, 1.54) is 24.0 Å². The lowest BCUT2D eigenvalue weighted by molar-refractivity contribution is 0.0987. The normalized spacial score (nSPS) is 20.9. The number of piperidine rings is 1. The van der Waals surface area contributed by atoms with E-state index in [-0.39, 0.29) is 0 Å². The van der Waals surface area contributed by atoms with Crippen LogP contribution in [0.1, 0.15) is 43.7 Å². The van der Waals surface area contributed by atoms with Crippen LogP contribution in [0.3, 0.4) is 0 Å². The van der Waals surface area contributed by atoms with Gasteiger partial charge in [-0.1, -0.05) is 13.0 Å². The molecule has 1 unspecified atom stereocenters. The number of carboxylic acid groups (broad SMARTS) is 1. The average molecular weight is 360 g/mol. The van der Waals surface area contributed by atoms with Crippen LogP contribution in [0.2, 0.25) is 0 Å². The van der Waals surface area contributed by atoms with Gasteiger partial charge in [0.1, 0.15) is 5.75 Å². The van der Waals surface area contributed by atoms with Crippen molar-refractivity contribution in [3.8, 4) is 5.75 Å². The summed E-state index contributed by atoms with van der Waals surface area (Å²) >= 11 is 0. The molecular formula is C21H32N2O3. The summed E-state index contributed by atoms with van der Waals surface area (Å²) in [7, 11) is 1.73. The number of hydrogen-bond donors (Lipinski definition) is 1. The molecule has 1 amide bonds. The van der Waals surface area contributed by atoms with Gasteiger partial charge < -0.3 is 14.7 Å². The van der Waals surface area contributed by atoms with E-state index in [0.29, 0.717) is 25.0 Å². The fourth-order valence-corrected chi connectivity index (χ4v) is 4.50. The van der Waals surface area contributed by atoms with E-state index in [1.807, 2.05) is 0 Å². The van der Waals surface area contributed by atoms with Crippen molar-refractivity contribution in [2.24, 2.45) is 5.92 Å². The number of likely N-dealkylation sites (tertiary alicyclic amines) is 1. The SMILES string of the molecule is CCCN(CC1CCN(C(=O)O)CC1)C1CCc2cc(OC)ccc2C1. The summed E-state index contributed by atoms with van der Waals surface area (Å²) in [5.74, 6) is 1.58. The first kappa shape index (κ1) is 19.0. The number of ether oxygens (including phenoxy) is 1. The van der Waals surface area contributed by atoms with Crippen LogP contribution in [0.15, 0.2) is 18.2 Å². The van der Waals surface area contributed by atoms with Crippen LogP contribution in [-0.4, -0.2) is 60.3 Å². The Balaban J connectivity index is 1.60. The van der Waals surface area contributed by atoms with Gasteiger partial charge in [0.2, 0.25) is 0 Å². The maximum absolute atomic E-state index is 11.1. The minimum absolute atomic E-state index is 0.605. The molecule has 1 N–H and O–H groups in total. The Morgan fingerprint density at radius 1 is 1.27 bits per heavy atom. The van der Waals surface area contributed by atoms with Gasteiger partial charge in [-0.15, -0.1) is 0 Å². The first-order valence-corrected chi connectivity index (χ1v) is 9.98. The summed E-state index contributed by atoms with van der Waals surface area (Å²) < 4.78 is 5.36. The van der Waals surface area contributed by atoms with Crippen LogP contribution >= 0.6 is 0 Å². The molecule has 0 radical (unpaired) electrons. The van der Waals surface area contributed by atoms with E-state index in [0.717, 1.165) is 44.5 Å². The lowest BCUT2D eigenvalue weighted by Crippen LogP contribution is -2.45. The predicted molar refractivity (Wildman–Crippen MR) is 103 cm³/mol. The van der Waals surface area contributed by atoms with Crippen molar-refractivity contribution in [2.45, 2.75) is 51.5 Å². The minimum Gasteiger partial charge on any atom is -0.497 e. The van der Waals surface area contributed by atoms with Crippen LogP contribution in [-0.2, 0) is 12.8 Å². The van der Waals surface area contributed by atoms with E-state index in [9.17, 15) is 4.79 Å². The molecule has 3 rings (SSSR count). The molecule has 5 heteroatoms. The largest absolute Gasteiger partial charge is 0.497 e. The fourth-order valence-electron chi connectivity index (χ4n) is 4.50. The molecule has 1 saturated heterocycles. The summed E-state index contributed by atoms with van der Waals surface area (Å²) in [6.45, 7) is 5.87. The van der Waals surface area contributed by atoms with Crippen molar-refractivity contribution in [1.29, 1.82) is 0 Å². The highest BCUT2D eigenvalue weighted by molar-refractivity contribution is 5.64. The third-order valence-corrected chi connectivity index (χ3v) is 6.02. The van der Waals surface area contributed by atoms with Gasteiger partial charge in [0.15, 0.2) is 0 Å². The Morgan fingerprint density at radius 2 is 2.04 bits per heavy atom. The fraction of sp³-hybridized carbons (Fsp3) is 0.667. The van der Waals surface area contributed by atoms with Crippen molar-refractivity contribution in [1.82, 2.24) is 9.80 Å². The number of amides is 1. The lowest BCUT2D eigenvalue weighted by atomic mass is 9.86. The zero-order valence-electron chi connectivity index (χ0n) is 16.1. The van der Waals surface area contributed by atoms with Gasteiger partial charge >= 0.3 is 6.09 Å². The smallest absolute Gasteiger partial charge is 0.407 e. The maximum Gasteiger partial charge on any atom is 0.407 e. The zero-order valence-corrected chi connectivity index (χ0v) is 16.1. The molecule has 1 aliphatic heterocycles. The Kier molecular flexibility index (Phi) is 6.41. The van der Waals surface area contributed by atoms with Gasteiger partial charge in [-0.25, -0.2) is 4.79 Å². The third-order valence-electron chi connectivity index (χ3n) is 6.02. The molecule has 1 heterocycles. The molecule has 1 atom stereocenters. The molecule has 26 heavy (non-hydrogen) atoms. The molecule has 1 fully saturated rings. The first-order chi connectivity index (χ1) is 12.6. The van der Waals surface area contributed by atoms with E-state index in [4.69, 9.17) is 9.84 Å². The summed E-state index contributed by atoms with van der Waals surface area (Å²) in [6, 6.07) is 7.11. The molecule has 0 saturated carbocycles. The van der Waals surface area contributed by atoms with Gasteiger partial charge in [0.25, 0.3) is 0 Å². The Hall–Kier alpha value is -1.75. The number of benzene rings is 1. The number of fused-ring (bicyclic) bond motifs is 1. The van der Waals surface area contributed by atoms with Crippen molar-refractivity contribution in [3.63, 3.8) is 0 Å². The van der Waals surface area contributed by atoms with Crippen LogP contribution in [0.5, 0.6) is 5.75 Å². The van der Waals surface area contributed by atoms with Crippen molar-refractivity contribution in [3.05, 3.63) is 29.3 Å². The third kappa shape index (κ3) is 4.50. The summed E-state index contributed by atoms with van der Waals surface area (Å²) in [4.78, 5) is 15.3. The molecule has 2 aliphatic rings. The van der Waals surface area contributed by atoms with Gasteiger partial charge in [-0.05, 0) is 74.2 Å². The molecule has 144 valence electrons. The number of methoxy groups -OCH3 is 1. The number of nitrogens with zero attached hydrogens (tertiary/aromatic N) is 2. The number of aryl methyl sites for hydroxylation is 1. The molecule has 5 nitrogen and oxygen atoms in total. The zero-order chi connectivity index (χ0) is 18.5. The molecule has 1 aliphatic carbocycles. The van der Waals surface area contributed by atoms with Gasteiger partial charge in [0, 0.05) is 25.7 Å². The second-order valence-corrected chi connectivity index (χ2v) is 7.74. The topological polar surface area (TPSA) is 53.0 Å². The van der Waals surface area contributed by atoms with E-state index in [2.05, 4.69) is 30.0 Å². The standard InChI is InChI=1S/C21H32N2O3/c1-3-10-23(15-16-8-11-22(12-9-16)21(24)25)19-6-4-18-14-20(26-2)7-5-17(18)13-19/h5,7,14,16,19H,3-4,6,8-13,15H2,1-2H3,(H,24,25). The second-order valence-electron chi connectivity index (χ2n) is 7.74. The molecule has 0 bridgehead atoms. The molecule has 0 aromatic heterocycles. The van der Waals surface area contributed by atoms with Gasteiger partial charge in [-0.2, -0.15) is 0 Å². The highest BCUT2D eigenvalue weighted by Gasteiger charge is 2.28. The van der Waals surface area contributed by atoms with Gasteiger partial charge in [-0.3, -0.25) is 4.90 Å².